The first-order valence-corrected chi connectivity index (χ1v) is 7.53. The molecule has 0 atom stereocenters. The molecular formula is C15H11BrClN3O2. The number of nitrogens with one attached hydrogen (secondary N) is 2. The van der Waals surface area contributed by atoms with E-state index in [0.717, 1.165) is 5.39 Å². The molecule has 0 saturated carbocycles. The van der Waals surface area contributed by atoms with Crippen molar-refractivity contribution < 1.29 is 9.53 Å². The molecule has 22 heavy (non-hydrogen) atoms. The predicted octanol–water partition coefficient (Wildman–Crippen LogP) is 4.24. The number of hydrogen-bond acceptors (Lipinski definition) is 3. The number of fused-ring (bicyclic) bond motifs is 1. The van der Waals surface area contributed by atoms with Gasteiger partial charge in [-0.15, -0.1) is 0 Å². The molecule has 0 aliphatic rings. The molecule has 2 aromatic carbocycles. The Morgan fingerprint density at radius 1 is 1.41 bits per heavy atom. The number of halogens is 2. The van der Waals surface area contributed by atoms with Crippen LogP contribution in [-0.2, 0) is 0 Å². The van der Waals surface area contributed by atoms with E-state index in [1.54, 1.807) is 30.5 Å². The number of nitrogens with zero attached hydrogens (tertiary/aromatic N) is 1. The van der Waals surface area contributed by atoms with Gasteiger partial charge in [-0.2, -0.15) is 5.10 Å². The highest BCUT2D eigenvalue weighted by Gasteiger charge is 2.16. The van der Waals surface area contributed by atoms with Crippen LogP contribution in [0.15, 0.2) is 41.0 Å². The van der Waals surface area contributed by atoms with Gasteiger partial charge < -0.3 is 10.1 Å². The number of ether oxygens (including phenoxy) is 1. The minimum absolute atomic E-state index is 0.276. The molecule has 3 aromatic rings. The van der Waals surface area contributed by atoms with Crippen molar-refractivity contribution in [1.29, 1.82) is 0 Å². The summed E-state index contributed by atoms with van der Waals surface area (Å²) in [4.78, 5) is 12.5. The molecule has 112 valence electrons. The number of hydrogen-bond donors (Lipinski definition) is 2. The number of H-pyrrole nitrogens is 1. The van der Waals surface area contributed by atoms with Gasteiger partial charge >= 0.3 is 0 Å². The van der Waals surface area contributed by atoms with Gasteiger partial charge in [-0.3, -0.25) is 9.89 Å². The summed E-state index contributed by atoms with van der Waals surface area (Å²) < 4.78 is 5.96. The smallest absolute Gasteiger partial charge is 0.257 e. The highest BCUT2D eigenvalue weighted by Crippen LogP contribution is 2.36. The third-order valence-corrected chi connectivity index (χ3v) is 3.99. The van der Waals surface area contributed by atoms with Crippen molar-refractivity contribution in [3.8, 4) is 5.75 Å². The van der Waals surface area contributed by atoms with Crippen molar-refractivity contribution in [3.05, 3.63) is 51.6 Å². The Labute approximate surface area is 139 Å². The third kappa shape index (κ3) is 2.67. The Morgan fingerprint density at radius 3 is 3.00 bits per heavy atom. The van der Waals surface area contributed by atoms with E-state index in [2.05, 4.69) is 31.4 Å². The molecular weight excluding hydrogens is 370 g/mol. The van der Waals surface area contributed by atoms with Crippen molar-refractivity contribution in [2.75, 3.05) is 12.4 Å². The summed E-state index contributed by atoms with van der Waals surface area (Å²) in [7, 11) is 1.53. The van der Waals surface area contributed by atoms with Crippen LogP contribution in [0.2, 0.25) is 5.02 Å². The van der Waals surface area contributed by atoms with E-state index >= 15 is 0 Å². The van der Waals surface area contributed by atoms with Gasteiger partial charge in [0.2, 0.25) is 0 Å². The number of carbonyl (C=O) groups excluding carboxylic acids is 1. The molecule has 2 N–H and O–H groups in total. The molecule has 0 saturated heterocycles. The average Bonchev–Trinajstić information content (AvgIpc) is 2.95. The first-order chi connectivity index (χ1) is 10.6. The summed E-state index contributed by atoms with van der Waals surface area (Å²) in [6, 6.07) is 8.74. The fourth-order valence-corrected chi connectivity index (χ4v) is 3.18. The quantitative estimate of drug-likeness (QED) is 0.714. The molecule has 0 radical (unpaired) electrons. The van der Waals surface area contributed by atoms with Gasteiger partial charge in [0.25, 0.3) is 5.91 Å². The predicted molar refractivity (Wildman–Crippen MR) is 89.8 cm³/mol. The van der Waals surface area contributed by atoms with Gasteiger partial charge in [0.1, 0.15) is 0 Å². The van der Waals surface area contributed by atoms with Gasteiger partial charge in [0.15, 0.2) is 5.75 Å². The van der Waals surface area contributed by atoms with Crippen LogP contribution in [0, 0.1) is 0 Å². The second kappa shape index (κ2) is 5.98. The summed E-state index contributed by atoms with van der Waals surface area (Å²) in [5.41, 5.74) is 1.66. The molecule has 0 aliphatic carbocycles. The molecule has 0 spiro atoms. The normalized spacial score (nSPS) is 10.7. The lowest BCUT2D eigenvalue weighted by Crippen LogP contribution is -2.13. The second-order valence-electron chi connectivity index (χ2n) is 4.56. The number of para-hydroxylation sites is 1. The standard InChI is InChI=1S/C15H11BrClN3O2/c1-22-14-11(16)5-9(17)6-12(14)19-15(21)10-4-2-3-8-7-18-20-13(8)10/h2-7H,1H3,(H,18,20)(H,19,21). The number of carbonyl (C=O) groups is 1. The van der Waals surface area contributed by atoms with Crippen LogP contribution in [0.25, 0.3) is 10.9 Å². The van der Waals surface area contributed by atoms with Gasteiger partial charge in [0.05, 0.1) is 34.5 Å². The lowest BCUT2D eigenvalue weighted by Gasteiger charge is -2.12. The Hall–Kier alpha value is -2.05. The van der Waals surface area contributed by atoms with E-state index in [1.165, 1.54) is 7.11 Å². The van der Waals surface area contributed by atoms with Gasteiger partial charge in [-0.1, -0.05) is 23.7 Å². The van der Waals surface area contributed by atoms with E-state index in [9.17, 15) is 4.79 Å². The van der Waals surface area contributed by atoms with Gasteiger partial charge in [0, 0.05) is 10.4 Å². The highest BCUT2D eigenvalue weighted by molar-refractivity contribution is 9.10. The van der Waals surface area contributed by atoms with Gasteiger partial charge in [-0.05, 0) is 34.1 Å². The first-order valence-electron chi connectivity index (χ1n) is 6.36. The number of anilines is 1. The van der Waals surface area contributed by atoms with Crippen LogP contribution in [0.5, 0.6) is 5.75 Å². The van der Waals surface area contributed by atoms with Crippen LogP contribution < -0.4 is 10.1 Å². The summed E-state index contributed by atoms with van der Waals surface area (Å²) >= 11 is 9.39. The summed E-state index contributed by atoms with van der Waals surface area (Å²) in [5.74, 6) is 0.233. The minimum atomic E-state index is -0.276. The SMILES string of the molecule is COc1c(Br)cc(Cl)cc1NC(=O)c1cccc2cn[nH]c12. The fourth-order valence-electron chi connectivity index (χ4n) is 2.21. The zero-order chi connectivity index (χ0) is 15.7. The second-order valence-corrected chi connectivity index (χ2v) is 5.85. The maximum absolute atomic E-state index is 12.5. The molecule has 0 bridgehead atoms. The van der Waals surface area contributed by atoms with E-state index in [4.69, 9.17) is 16.3 Å². The number of methoxy groups -OCH3 is 1. The lowest BCUT2D eigenvalue weighted by atomic mass is 10.1. The first kappa shape index (κ1) is 14.9. The van der Waals surface area contributed by atoms with E-state index in [-0.39, 0.29) is 5.91 Å². The summed E-state index contributed by atoms with van der Waals surface area (Å²) in [6.07, 6.45) is 1.67. The van der Waals surface area contributed by atoms with Crippen LogP contribution >= 0.6 is 27.5 Å². The number of benzene rings is 2. The molecule has 1 aromatic heterocycles. The maximum atomic E-state index is 12.5. The molecule has 1 heterocycles. The molecule has 3 rings (SSSR count). The molecule has 0 aliphatic heterocycles. The number of aromatic amines is 1. The van der Waals surface area contributed by atoms with E-state index in [0.29, 0.717) is 32.0 Å². The topological polar surface area (TPSA) is 67.0 Å². The van der Waals surface area contributed by atoms with Crippen molar-refractivity contribution in [2.45, 2.75) is 0 Å². The summed E-state index contributed by atoms with van der Waals surface area (Å²) in [5, 5.41) is 11.0. The minimum Gasteiger partial charge on any atom is -0.493 e. The highest BCUT2D eigenvalue weighted by atomic mass is 79.9. The van der Waals surface area contributed by atoms with E-state index < -0.39 is 0 Å². The monoisotopic (exact) mass is 379 g/mol. The van der Waals surface area contributed by atoms with Crippen LogP contribution in [0.1, 0.15) is 10.4 Å². The number of aromatic nitrogens is 2. The zero-order valence-corrected chi connectivity index (χ0v) is 13.8. The van der Waals surface area contributed by atoms with Crippen LogP contribution in [0.3, 0.4) is 0 Å². The Kier molecular flexibility index (Phi) is 4.04. The zero-order valence-electron chi connectivity index (χ0n) is 11.5. The fraction of sp³-hybridized carbons (Fsp3) is 0.0667. The largest absolute Gasteiger partial charge is 0.493 e. The Balaban J connectivity index is 2.00. The lowest BCUT2D eigenvalue weighted by molar-refractivity contribution is 0.102. The summed E-state index contributed by atoms with van der Waals surface area (Å²) in [6.45, 7) is 0. The molecule has 0 fully saturated rings. The van der Waals surface area contributed by atoms with E-state index in [1.807, 2.05) is 6.07 Å². The van der Waals surface area contributed by atoms with Crippen molar-refractivity contribution in [1.82, 2.24) is 10.2 Å². The van der Waals surface area contributed by atoms with Crippen molar-refractivity contribution >= 4 is 50.0 Å². The third-order valence-electron chi connectivity index (χ3n) is 3.18. The Morgan fingerprint density at radius 2 is 2.23 bits per heavy atom. The maximum Gasteiger partial charge on any atom is 0.257 e. The molecule has 5 nitrogen and oxygen atoms in total. The van der Waals surface area contributed by atoms with Gasteiger partial charge in [-0.25, -0.2) is 0 Å². The van der Waals surface area contributed by atoms with Crippen LogP contribution in [-0.4, -0.2) is 23.2 Å². The number of rotatable bonds is 3. The number of amides is 1. The van der Waals surface area contributed by atoms with Crippen LogP contribution in [0.4, 0.5) is 5.69 Å². The molecule has 0 unspecified atom stereocenters. The van der Waals surface area contributed by atoms with Crippen molar-refractivity contribution in [3.63, 3.8) is 0 Å². The molecule has 1 amide bonds. The molecule has 7 heteroatoms. The average molecular weight is 381 g/mol. The Bertz CT molecular complexity index is 863. The van der Waals surface area contributed by atoms with Crippen molar-refractivity contribution in [2.24, 2.45) is 0 Å².